The summed E-state index contributed by atoms with van der Waals surface area (Å²) < 4.78 is 0. The minimum Gasteiger partial charge on any atom is -0.316 e. The van der Waals surface area contributed by atoms with Crippen LogP contribution < -0.4 is 5.32 Å². The van der Waals surface area contributed by atoms with Crippen LogP contribution in [0.2, 0.25) is 0 Å². The van der Waals surface area contributed by atoms with E-state index in [9.17, 15) is 0 Å². The molecule has 0 saturated heterocycles. The fourth-order valence-corrected chi connectivity index (χ4v) is 3.75. The number of thioether (sulfide) groups is 1. The molecular formula is C18H21NS. The van der Waals surface area contributed by atoms with Gasteiger partial charge in [-0.05, 0) is 60.7 Å². The Morgan fingerprint density at radius 3 is 2.80 bits per heavy atom. The second-order valence-corrected chi connectivity index (χ2v) is 6.47. The monoisotopic (exact) mass is 283 g/mol. The predicted octanol–water partition coefficient (Wildman–Crippen LogP) is 4.19. The topological polar surface area (TPSA) is 12.0 Å². The van der Waals surface area contributed by atoms with Crippen LogP contribution in [-0.2, 0) is 25.1 Å². The number of nitrogens with one attached hydrogen (secondary N) is 1. The van der Waals surface area contributed by atoms with Crippen LogP contribution in [-0.4, -0.2) is 7.05 Å². The highest BCUT2D eigenvalue weighted by molar-refractivity contribution is 7.98. The van der Waals surface area contributed by atoms with E-state index in [4.69, 9.17) is 0 Å². The molecule has 1 nitrogen and oxygen atoms in total. The van der Waals surface area contributed by atoms with Crippen molar-refractivity contribution < 1.29 is 0 Å². The van der Waals surface area contributed by atoms with Crippen LogP contribution >= 0.6 is 11.8 Å². The molecule has 20 heavy (non-hydrogen) atoms. The summed E-state index contributed by atoms with van der Waals surface area (Å²) in [5.74, 6) is 1.07. The molecule has 0 saturated carbocycles. The van der Waals surface area contributed by atoms with Gasteiger partial charge in [0.15, 0.2) is 0 Å². The van der Waals surface area contributed by atoms with Crippen molar-refractivity contribution in [1.82, 2.24) is 5.32 Å². The molecule has 2 aromatic rings. The van der Waals surface area contributed by atoms with Gasteiger partial charge in [0.2, 0.25) is 0 Å². The molecule has 2 aromatic carbocycles. The fraction of sp³-hybridized carbons (Fsp3) is 0.333. The number of hydrogen-bond acceptors (Lipinski definition) is 2. The van der Waals surface area contributed by atoms with Crippen molar-refractivity contribution in [3.05, 3.63) is 64.7 Å². The fourth-order valence-electron chi connectivity index (χ4n) is 2.83. The average Bonchev–Trinajstić information content (AvgIpc) is 2.93. The van der Waals surface area contributed by atoms with Crippen LogP contribution in [0.5, 0.6) is 0 Å². The zero-order valence-electron chi connectivity index (χ0n) is 12.0. The van der Waals surface area contributed by atoms with Gasteiger partial charge in [0.05, 0.1) is 0 Å². The number of fused-ring (bicyclic) bond motifs is 1. The van der Waals surface area contributed by atoms with Crippen molar-refractivity contribution in [3.63, 3.8) is 0 Å². The highest BCUT2D eigenvalue weighted by Crippen LogP contribution is 2.27. The van der Waals surface area contributed by atoms with Gasteiger partial charge in [-0.3, -0.25) is 0 Å². The van der Waals surface area contributed by atoms with Crippen LogP contribution in [0.3, 0.4) is 0 Å². The van der Waals surface area contributed by atoms with Crippen molar-refractivity contribution in [1.29, 1.82) is 0 Å². The molecule has 0 bridgehead atoms. The maximum absolute atomic E-state index is 3.20. The summed E-state index contributed by atoms with van der Waals surface area (Å²) in [5, 5.41) is 3.20. The van der Waals surface area contributed by atoms with Gasteiger partial charge in [-0.2, -0.15) is 0 Å². The molecule has 0 atom stereocenters. The van der Waals surface area contributed by atoms with Crippen LogP contribution in [0.4, 0.5) is 0 Å². The molecule has 0 fully saturated rings. The van der Waals surface area contributed by atoms with Crippen molar-refractivity contribution in [2.45, 2.75) is 36.5 Å². The van der Waals surface area contributed by atoms with E-state index in [1.165, 1.54) is 35.3 Å². The summed E-state index contributed by atoms with van der Waals surface area (Å²) in [7, 11) is 1.99. The smallest absolute Gasteiger partial charge is 0.0232 e. The molecule has 0 unspecified atom stereocenters. The Bertz CT molecular complexity index is 592. The van der Waals surface area contributed by atoms with Crippen LogP contribution in [0.25, 0.3) is 0 Å². The quantitative estimate of drug-likeness (QED) is 0.826. The average molecular weight is 283 g/mol. The number of benzene rings is 2. The third-order valence-corrected chi connectivity index (χ3v) is 4.91. The second-order valence-electron chi connectivity index (χ2n) is 5.42. The van der Waals surface area contributed by atoms with Gasteiger partial charge in [-0.1, -0.05) is 30.3 Å². The highest BCUT2D eigenvalue weighted by Gasteiger charge is 2.10. The lowest BCUT2D eigenvalue weighted by molar-refractivity contribution is 0.815. The molecule has 0 amide bonds. The third-order valence-electron chi connectivity index (χ3n) is 3.85. The van der Waals surface area contributed by atoms with E-state index in [0.29, 0.717) is 0 Å². The van der Waals surface area contributed by atoms with Gasteiger partial charge in [-0.25, -0.2) is 0 Å². The van der Waals surface area contributed by atoms with Crippen molar-refractivity contribution in [3.8, 4) is 0 Å². The zero-order valence-corrected chi connectivity index (χ0v) is 12.8. The molecule has 2 heteroatoms. The van der Waals surface area contributed by atoms with Gasteiger partial charge in [0.25, 0.3) is 0 Å². The molecule has 0 radical (unpaired) electrons. The predicted molar refractivity (Wildman–Crippen MR) is 87.2 cm³/mol. The Hall–Kier alpha value is -1.25. The van der Waals surface area contributed by atoms with E-state index in [-0.39, 0.29) is 0 Å². The Balaban J connectivity index is 1.65. The molecule has 1 aliphatic carbocycles. The van der Waals surface area contributed by atoms with Gasteiger partial charge < -0.3 is 5.32 Å². The van der Waals surface area contributed by atoms with Gasteiger partial charge in [0.1, 0.15) is 0 Å². The minimum absolute atomic E-state index is 0.938. The first-order chi connectivity index (χ1) is 9.85. The molecule has 3 rings (SSSR count). The summed E-state index contributed by atoms with van der Waals surface area (Å²) in [5.41, 5.74) is 5.95. The van der Waals surface area contributed by atoms with Crippen molar-refractivity contribution in [2.24, 2.45) is 0 Å². The first kappa shape index (κ1) is 13.7. The lowest BCUT2D eigenvalue weighted by Gasteiger charge is -2.07. The van der Waals surface area contributed by atoms with E-state index in [1.54, 1.807) is 11.1 Å². The zero-order chi connectivity index (χ0) is 13.8. The molecule has 1 aliphatic rings. The first-order valence-corrected chi connectivity index (χ1v) is 8.31. The maximum atomic E-state index is 3.20. The molecule has 0 aromatic heterocycles. The molecular weight excluding hydrogens is 262 g/mol. The SMILES string of the molecule is CNCc1cccc(SCc2ccc3c(c2)CCC3)c1. The van der Waals surface area contributed by atoms with Crippen LogP contribution in [0.1, 0.15) is 28.7 Å². The lowest BCUT2D eigenvalue weighted by Crippen LogP contribution is -2.04. The number of aryl methyl sites for hydroxylation is 2. The van der Waals surface area contributed by atoms with E-state index >= 15 is 0 Å². The highest BCUT2D eigenvalue weighted by atomic mass is 32.2. The first-order valence-electron chi connectivity index (χ1n) is 7.32. The van der Waals surface area contributed by atoms with E-state index < -0.39 is 0 Å². The van der Waals surface area contributed by atoms with E-state index in [2.05, 4.69) is 47.8 Å². The van der Waals surface area contributed by atoms with E-state index in [1.807, 2.05) is 18.8 Å². The number of rotatable bonds is 5. The largest absolute Gasteiger partial charge is 0.316 e. The third kappa shape index (κ3) is 3.25. The maximum Gasteiger partial charge on any atom is 0.0232 e. The molecule has 0 aliphatic heterocycles. The van der Waals surface area contributed by atoms with Crippen LogP contribution in [0, 0.1) is 0 Å². The Morgan fingerprint density at radius 2 is 1.90 bits per heavy atom. The minimum atomic E-state index is 0.938. The Kier molecular flexibility index (Phi) is 4.44. The molecule has 0 heterocycles. The summed E-state index contributed by atoms with van der Waals surface area (Å²) in [4.78, 5) is 1.36. The molecule has 1 N–H and O–H groups in total. The Morgan fingerprint density at radius 1 is 1.00 bits per heavy atom. The van der Waals surface area contributed by atoms with Crippen molar-refractivity contribution in [2.75, 3.05) is 7.05 Å². The van der Waals surface area contributed by atoms with Crippen molar-refractivity contribution >= 4 is 11.8 Å². The Labute approximate surface area is 125 Å². The molecule has 104 valence electrons. The summed E-state index contributed by atoms with van der Waals surface area (Å²) in [6.07, 6.45) is 3.87. The van der Waals surface area contributed by atoms with Crippen LogP contribution in [0.15, 0.2) is 47.4 Å². The summed E-state index contributed by atoms with van der Waals surface area (Å²) in [6.45, 7) is 0.938. The summed E-state index contributed by atoms with van der Waals surface area (Å²) in [6, 6.07) is 15.9. The van der Waals surface area contributed by atoms with Gasteiger partial charge in [0, 0.05) is 17.2 Å². The normalized spacial score (nSPS) is 13.4. The molecule has 0 spiro atoms. The van der Waals surface area contributed by atoms with Gasteiger partial charge in [-0.15, -0.1) is 11.8 Å². The lowest BCUT2D eigenvalue weighted by atomic mass is 10.1. The number of hydrogen-bond donors (Lipinski definition) is 1. The van der Waals surface area contributed by atoms with Gasteiger partial charge >= 0.3 is 0 Å². The summed E-state index contributed by atoms with van der Waals surface area (Å²) >= 11 is 1.93. The standard InChI is InChI=1S/C18H21NS/c1-19-12-14-4-2-7-18(11-14)20-13-15-8-9-16-5-3-6-17(16)10-15/h2,4,7-11,19H,3,5-6,12-13H2,1H3. The van der Waals surface area contributed by atoms with E-state index in [0.717, 1.165) is 12.3 Å². The second kappa shape index (κ2) is 6.47.